The molecule has 0 saturated carbocycles. The Hall–Kier alpha value is -3.73. The first kappa shape index (κ1) is 19.2. The lowest BCUT2D eigenvalue weighted by molar-refractivity contribution is 0.0952. The number of nitrogens with one attached hydrogen (secondary N) is 2. The van der Waals surface area contributed by atoms with Crippen molar-refractivity contribution in [2.24, 2.45) is 0 Å². The summed E-state index contributed by atoms with van der Waals surface area (Å²) in [5.74, 6) is 1.62. The Kier molecular flexibility index (Phi) is 5.08. The van der Waals surface area contributed by atoms with E-state index in [4.69, 9.17) is 9.47 Å². The summed E-state index contributed by atoms with van der Waals surface area (Å²) in [6, 6.07) is 21.9. The highest BCUT2D eigenvalue weighted by molar-refractivity contribution is 5.94. The molecule has 1 aliphatic heterocycles. The third-order valence-corrected chi connectivity index (χ3v) is 5.93. The second-order valence-corrected chi connectivity index (χ2v) is 7.75. The zero-order valence-electron chi connectivity index (χ0n) is 17.4. The van der Waals surface area contributed by atoms with E-state index in [9.17, 15) is 4.79 Å². The van der Waals surface area contributed by atoms with E-state index in [1.807, 2.05) is 48.7 Å². The highest BCUT2D eigenvalue weighted by atomic mass is 16.5. The number of hydrogen-bond acceptors (Lipinski definition) is 3. The molecule has 31 heavy (non-hydrogen) atoms. The summed E-state index contributed by atoms with van der Waals surface area (Å²) in [5, 5.41) is 4.30. The third kappa shape index (κ3) is 3.75. The lowest BCUT2D eigenvalue weighted by atomic mass is 9.90. The van der Waals surface area contributed by atoms with Crippen molar-refractivity contribution in [1.82, 2.24) is 10.3 Å². The summed E-state index contributed by atoms with van der Waals surface area (Å²) in [7, 11) is 1.66. The Morgan fingerprint density at radius 1 is 1.13 bits per heavy atom. The number of H-pyrrole nitrogens is 1. The number of methoxy groups -OCH3 is 1. The fourth-order valence-corrected chi connectivity index (χ4v) is 4.25. The van der Waals surface area contributed by atoms with Gasteiger partial charge >= 0.3 is 0 Å². The van der Waals surface area contributed by atoms with Gasteiger partial charge in [0, 0.05) is 41.5 Å². The zero-order valence-corrected chi connectivity index (χ0v) is 17.4. The molecule has 1 aromatic heterocycles. The van der Waals surface area contributed by atoms with Crippen molar-refractivity contribution in [2.45, 2.75) is 12.3 Å². The smallest absolute Gasteiger partial charge is 0.251 e. The van der Waals surface area contributed by atoms with Gasteiger partial charge in [-0.15, -0.1) is 0 Å². The van der Waals surface area contributed by atoms with E-state index >= 15 is 0 Å². The standard InChI is InChI=1S/C26H24N2O3/c1-30-20-9-6-17(7-10-20)22(23-16-27-24-5-3-2-4-21(23)24)15-28-26(29)19-8-11-25-18(14-19)12-13-31-25/h2-11,14,16,22,27H,12-13,15H2,1H3,(H,28,29). The van der Waals surface area contributed by atoms with Gasteiger partial charge in [0.05, 0.1) is 13.7 Å². The molecule has 4 aromatic rings. The van der Waals surface area contributed by atoms with Crippen LogP contribution in [-0.2, 0) is 6.42 Å². The maximum absolute atomic E-state index is 12.9. The molecule has 0 aliphatic carbocycles. The number of aromatic nitrogens is 1. The lowest BCUT2D eigenvalue weighted by Gasteiger charge is -2.19. The fourth-order valence-electron chi connectivity index (χ4n) is 4.25. The topological polar surface area (TPSA) is 63.4 Å². The number of aromatic amines is 1. The summed E-state index contributed by atoms with van der Waals surface area (Å²) in [4.78, 5) is 16.3. The van der Waals surface area contributed by atoms with Crippen LogP contribution in [0.3, 0.4) is 0 Å². The average molecular weight is 412 g/mol. The molecular formula is C26H24N2O3. The number of amides is 1. The van der Waals surface area contributed by atoms with Crippen LogP contribution in [0.4, 0.5) is 0 Å². The minimum absolute atomic E-state index is 0.00349. The first-order valence-electron chi connectivity index (χ1n) is 10.5. The molecule has 2 N–H and O–H groups in total. The molecule has 5 rings (SSSR count). The Morgan fingerprint density at radius 3 is 2.81 bits per heavy atom. The van der Waals surface area contributed by atoms with Crippen LogP contribution in [0.15, 0.2) is 72.9 Å². The second-order valence-electron chi connectivity index (χ2n) is 7.75. The monoisotopic (exact) mass is 412 g/mol. The van der Waals surface area contributed by atoms with Crippen LogP contribution in [0.5, 0.6) is 11.5 Å². The van der Waals surface area contributed by atoms with Crippen LogP contribution in [0, 0.1) is 0 Å². The Balaban J connectivity index is 1.43. The summed E-state index contributed by atoms with van der Waals surface area (Å²) < 4.78 is 10.9. The van der Waals surface area contributed by atoms with Crippen molar-refractivity contribution in [2.75, 3.05) is 20.3 Å². The SMILES string of the molecule is COc1ccc(C(CNC(=O)c2ccc3c(c2)CCO3)c2c[nH]c3ccccc23)cc1. The van der Waals surface area contributed by atoms with Gasteiger partial charge in [-0.05, 0) is 53.1 Å². The molecule has 0 saturated heterocycles. The van der Waals surface area contributed by atoms with Gasteiger partial charge in [0.25, 0.3) is 5.91 Å². The number of para-hydroxylation sites is 1. The Bertz CT molecular complexity index is 1230. The molecule has 0 fully saturated rings. The predicted octanol–water partition coefficient (Wildman–Crippen LogP) is 4.67. The molecule has 1 aliphatic rings. The number of rotatable bonds is 6. The van der Waals surface area contributed by atoms with Crippen molar-refractivity contribution in [3.05, 3.63) is 95.2 Å². The molecular weight excluding hydrogens is 388 g/mol. The van der Waals surface area contributed by atoms with Crippen molar-refractivity contribution in [1.29, 1.82) is 0 Å². The van der Waals surface area contributed by atoms with Crippen molar-refractivity contribution in [3.8, 4) is 11.5 Å². The van der Waals surface area contributed by atoms with Crippen LogP contribution < -0.4 is 14.8 Å². The van der Waals surface area contributed by atoms with Crippen LogP contribution in [0.25, 0.3) is 10.9 Å². The molecule has 1 atom stereocenters. The van der Waals surface area contributed by atoms with E-state index in [-0.39, 0.29) is 11.8 Å². The van der Waals surface area contributed by atoms with E-state index < -0.39 is 0 Å². The Labute approximate surface area is 181 Å². The molecule has 1 unspecified atom stereocenters. The van der Waals surface area contributed by atoms with E-state index in [2.05, 4.69) is 34.6 Å². The van der Waals surface area contributed by atoms with Crippen molar-refractivity contribution in [3.63, 3.8) is 0 Å². The van der Waals surface area contributed by atoms with Crippen LogP contribution in [0.1, 0.15) is 33.0 Å². The molecule has 0 radical (unpaired) electrons. The van der Waals surface area contributed by atoms with Crippen LogP contribution in [0.2, 0.25) is 0 Å². The largest absolute Gasteiger partial charge is 0.497 e. The average Bonchev–Trinajstić information content (AvgIpc) is 3.46. The van der Waals surface area contributed by atoms with Crippen LogP contribution in [-0.4, -0.2) is 31.2 Å². The molecule has 1 amide bonds. The molecule has 3 aromatic carbocycles. The van der Waals surface area contributed by atoms with Crippen molar-refractivity contribution >= 4 is 16.8 Å². The number of carbonyl (C=O) groups excluding carboxylic acids is 1. The maximum atomic E-state index is 12.9. The number of hydrogen-bond donors (Lipinski definition) is 2. The predicted molar refractivity (Wildman–Crippen MR) is 121 cm³/mol. The molecule has 2 heterocycles. The van der Waals surface area contributed by atoms with Gasteiger partial charge in [-0.1, -0.05) is 30.3 Å². The second kappa shape index (κ2) is 8.19. The van der Waals surface area contributed by atoms with Gasteiger partial charge in [0.15, 0.2) is 0 Å². The van der Waals surface area contributed by atoms with Gasteiger partial charge in [-0.2, -0.15) is 0 Å². The van der Waals surface area contributed by atoms with E-state index in [1.54, 1.807) is 7.11 Å². The first-order chi connectivity index (χ1) is 15.2. The third-order valence-electron chi connectivity index (χ3n) is 5.93. The number of fused-ring (bicyclic) bond motifs is 2. The van der Waals surface area contributed by atoms with Gasteiger partial charge in [0.2, 0.25) is 0 Å². The number of ether oxygens (including phenoxy) is 2. The minimum atomic E-state index is -0.0759. The summed E-state index contributed by atoms with van der Waals surface area (Å²) in [6.07, 6.45) is 2.89. The zero-order chi connectivity index (χ0) is 21.2. The van der Waals surface area contributed by atoms with E-state index in [1.165, 1.54) is 0 Å². The molecule has 0 bridgehead atoms. The van der Waals surface area contributed by atoms with Gasteiger partial charge in [-0.25, -0.2) is 0 Å². The van der Waals surface area contributed by atoms with Gasteiger partial charge in [-0.3, -0.25) is 4.79 Å². The number of carbonyl (C=O) groups is 1. The van der Waals surface area contributed by atoms with Crippen molar-refractivity contribution < 1.29 is 14.3 Å². The number of benzene rings is 3. The van der Waals surface area contributed by atoms with E-state index in [0.29, 0.717) is 18.7 Å². The molecule has 5 heteroatoms. The highest BCUT2D eigenvalue weighted by Crippen LogP contribution is 2.32. The fraction of sp³-hybridized carbons (Fsp3) is 0.192. The summed E-state index contributed by atoms with van der Waals surface area (Å²) >= 11 is 0. The minimum Gasteiger partial charge on any atom is -0.497 e. The summed E-state index contributed by atoms with van der Waals surface area (Å²) in [6.45, 7) is 1.17. The highest BCUT2D eigenvalue weighted by Gasteiger charge is 2.21. The first-order valence-corrected chi connectivity index (χ1v) is 10.5. The Morgan fingerprint density at radius 2 is 1.97 bits per heavy atom. The molecule has 0 spiro atoms. The normalized spacial score (nSPS) is 13.5. The van der Waals surface area contributed by atoms with Gasteiger partial charge in [0.1, 0.15) is 11.5 Å². The van der Waals surface area contributed by atoms with Crippen LogP contribution >= 0.6 is 0 Å². The molecule has 156 valence electrons. The quantitative estimate of drug-likeness (QED) is 0.484. The lowest BCUT2D eigenvalue weighted by Crippen LogP contribution is -2.29. The summed E-state index contributed by atoms with van der Waals surface area (Å²) in [5.41, 5.74) is 5.12. The van der Waals surface area contributed by atoms with Gasteiger partial charge < -0.3 is 19.8 Å². The molecule has 5 nitrogen and oxygen atoms in total. The maximum Gasteiger partial charge on any atom is 0.251 e. The van der Waals surface area contributed by atoms with E-state index in [0.717, 1.165) is 45.5 Å².